The number of nitrogen functional groups attached to an aromatic ring is 1. The summed E-state index contributed by atoms with van der Waals surface area (Å²) in [4.78, 5) is 0. The van der Waals surface area contributed by atoms with Gasteiger partial charge in [-0.1, -0.05) is 97.1 Å². The number of nitrogens with two attached hydrogens (primary N) is 1. The van der Waals surface area contributed by atoms with Crippen LogP contribution in [0.15, 0.2) is 103 Å². The Balaban J connectivity index is 0.000000179. The molecule has 0 fully saturated rings. The highest BCUT2D eigenvalue weighted by atomic mass is 16.3. The molecule has 0 aliphatic heterocycles. The van der Waals surface area contributed by atoms with Crippen molar-refractivity contribution in [2.45, 2.75) is 0 Å². The van der Waals surface area contributed by atoms with Gasteiger partial charge < -0.3 is 15.9 Å². The van der Waals surface area contributed by atoms with Crippen molar-refractivity contribution in [3.8, 4) is 11.5 Å². The van der Waals surface area contributed by atoms with Gasteiger partial charge in [0.15, 0.2) is 0 Å². The first-order valence-corrected chi connectivity index (χ1v) is 9.93. The molecular formula is C28H25NO2. The summed E-state index contributed by atoms with van der Waals surface area (Å²) in [6.07, 6.45) is 7.97. The summed E-state index contributed by atoms with van der Waals surface area (Å²) in [6, 6.07) is 32.4. The van der Waals surface area contributed by atoms with Gasteiger partial charge in [0, 0.05) is 11.8 Å². The number of phenolic OH excluding ortho intramolecular Hbond substituents is 2. The molecule has 0 heterocycles. The molecule has 0 amide bonds. The second kappa shape index (κ2) is 11.1. The predicted octanol–water partition coefficient (Wildman–Crippen LogP) is 6.71. The van der Waals surface area contributed by atoms with Crippen molar-refractivity contribution in [1.82, 2.24) is 0 Å². The predicted molar refractivity (Wildman–Crippen MR) is 131 cm³/mol. The molecule has 0 atom stereocenters. The van der Waals surface area contributed by atoms with Crippen LogP contribution in [0.1, 0.15) is 22.3 Å². The summed E-state index contributed by atoms with van der Waals surface area (Å²) >= 11 is 0. The molecular weight excluding hydrogens is 382 g/mol. The molecule has 3 nitrogen and oxygen atoms in total. The van der Waals surface area contributed by atoms with E-state index in [0.717, 1.165) is 11.1 Å². The summed E-state index contributed by atoms with van der Waals surface area (Å²) < 4.78 is 0. The first kappa shape index (κ1) is 21.5. The standard InChI is InChI=1S/C14H13NO2.C14H12/c15-12-7-11(8-14(17)9-12)2-1-10-3-5-13(16)6-4-10;1-3-7-13(8-4-1)11-12-14-9-5-2-6-10-14/h1-9,16-17H,15H2;1-12H. The minimum atomic E-state index is 0.148. The third-order valence-electron chi connectivity index (χ3n) is 4.39. The average molecular weight is 408 g/mol. The number of hydrogen-bond donors (Lipinski definition) is 3. The van der Waals surface area contributed by atoms with Crippen molar-refractivity contribution >= 4 is 30.0 Å². The van der Waals surface area contributed by atoms with Gasteiger partial charge in [0.1, 0.15) is 11.5 Å². The van der Waals surface area contributed by atoms with Crippen LogP contribution in [0.3, 0.4) is 0 Å². The Kier molecular flexibility index (Phi) is 7.67. The van der Waals surface area contributed by atoms with E-state index in [0.29, 0.717) is 5.69 Å². The quantitative estimate of drug-likeness (QED) is 0.260. The van der Waals surface area contributed by atoms with Crippen LogP contribution in [0, 0.1) is 0 Å². The maximum atomic E-state index is 9.38. The molecule has 0 aliphatic rings. The molecule has 0 spiro atoms. The minimum Gasteiger partial charge on any atom is -0.508 e. The SMILES string of the molecule is C(=Cc1ccccc1)c1ccccc1.Nc1cc(O)cc(C=Cc2ccc(O)cc2)c1. The first-order valence-electron chi connectivity index (χ1n) is 9.93. The zero-order valence-electron chi connectivity index (χ0n) is 17.1. The van der Waals surface area contributed by atoms with E-state index in [2.05, 4.69) is 36.4 Å². The summed E-state index contributed by atoms with van der Waals surface area (Å²) in [5, 5.41) is 18.5. The van der Waals surface area contributed by atoms with Crippen molar-refractivity contribution in [1.29, 1.82) is 0 Å². The van der Waals surface area contributed by atoms with Gasteiger partial charge >= 0.3 is 0 Å². The molecule has 4 rings (SSSR count). The lowest BCUT2D eigenvalue weighted by atomic mass is 10.1. The molecule has 0 aromatic heterocycles. The van der Waals surface area contributed by atoms with Crippen LogP contribution < -0.4 is 5.73 Å². The molecule has 154 valence electrons. The van der Waals surface area contributed by atoms with Crippen LogP contribution in [0.25, 0.3) is 24.3 Å². The van der Waals surface area contributed by atoms with E-state index < -0.39 is 0 Å². The molecule has 4 aromatic rings. The van der Waals surface area contributed by atoms with E-state index >= 15 is 0 Å². The van der Waals surface area contributed by atoms with Gasteiger partial charge in [-0.25, -0.2) is 0 Å². The fourth-order valence-electron chi connectivity index (χ4n) is 2.85. The highest BCUT2D eigenvalue weighted by Gasteiger charge is 1.94. The summed E-state index contributed by atoms with van der Waals surface area (Å²) in [6.45, 7) is 0. The van der Waals surface area contributed by atoms with E-state index in [9.17, 15) is 5.11 Å². The zero-order valence-corrected chi connectivity index (χ0v) is 17.1. The molecule has 0 saturated carbocycles. The summed E-state index contributed by atoms with van der Waals surface area (Å²) in [7, 11) is 0. The number of hydrogen-bond acceptors (Lipinski definition) is 3. The second-order valence-corrected chi connectivity index (χ2v) is 6.94. The van der Waals surface area contributed by atoms with Gasteiger partial charge in [0.2, 0.25) is 0 Å². The van der Waals surface area contributed by atoms with Gasteiger partial charge in [-0.3, -0.25) is 0 Å². The van der Waals surface area contributed by atoms with Gasteiger partial charge in [-0.05, 0) is 46.5 Å². The molecule has 31 heavy (non-hydrogen) atoms. The van der Waals surface area contributed by atoms with E-state index in [1.807, 2.05) is 48.6 Å². The molecule has 0 radical (unpaired) electrons. The lowest BCUT2D eigenvalue weighted by Crippen LogP contribution is -1.84. The Morgan fingerprint density at radius 3 is 1.39 bits per heavy atom. The number of anilines is 1. The van der Waals surface area contributed by atoms with Crippen LogP contribution in [0.2, 0.25) is 0 Å². The van der Waals surface area contributed by atoms with Gasteiger partial charge in [-0.15, -0.1) is 0 Å². The van der Waals surface area contributed by atoms with Crippen LogP contribution in [0.4, 0.5) is 5.69 Å². The van der Waals surface area contributed by atoms with Gasteiger partial charge in [0.05, 0.1) is 0 Å². The van der Waals surface area contributed by atoms with Crippen LogP contribution in [-0.2, 0) is 0 Å². The van der Waals surface area contributed by atoms with E-state index in [1.165, 1.54) is 17.2 Å². The fourth-order valence-corrected chi connectivity index (χ4v) is 2.85. The lowest BCUT2D eigenvalue weighted by Gasteiger charge is -1.99. The maximum absolute atomic E-state index is 9.38. The van der Waals surface area contributed by atoms with E-state index in [-0.39, 0.29) is 11.5 Å². The Morgan fingerprint density at radius 2 is 0.903 bits per heavy atom. The Morgan fingerprint density at radius 1 is 0.452 bits per heavy atom. The summed E-state index contributed by atoms with van der Waals surface area (Å²) in [5.41, 5.74) is 10.4. The minimum absolute atomic E-state index is 0.148. The lowest BCUT2D eigenvalue weighted by molar-refractivity contribution is 0.475. The van der Waals surface area contributed by atoms with Crippen molar-refractivity contribution in [3.63, 3.8) is 0 Å². The third kappa shape index (κ3) is 7.59. The molecule has 4 N–H and O–H groups in total. The molecule has 0 bridgehead atoms. The van der Waals surface area contributed by atoms with Crippen molar-refractivity contribution in [2.24, 2.45) is 0 Å². The van der Waals surface area contributed by atoms with Gasteiger partial charge in [0.25, 0.3) is 0 Å². The third-order valence-corrected chi connectivity index (χ3v) is 4.39. The molecule has 0 unspecified atom stereocenters. The largest absolute Gasteiger partial charge is 0.508 e. The average Bonchev–Trinajstić information content (AvgIpc) is 2.79. The van der Waals surface area contributed by atoms with Crippen LogP contribution >= 0.6 is 0 Å². The normalized spacial score (nSPS) is 10.7. The van der Waals surface area contributed by atoms with Crippen molar-refractivity contribution < 1.29 is 10.2 Å². The van der Waals surface area contributed by atoms with E-state index in [1.54, 1.807) is 36.4 Å². The smallest absolute Gasteiger partial charge is 0.118 e. The summed E-state index contributed by atoms with van der Waals surface area (Å²) in [5.74, 6) is 0.388. The zero-order chi connectivity index (χ0) is 21.9. The molecule has 4 aromatic carbocycles. The highest BCUT2D eigenvalue weighted by Crippen LogP contribution is 2.19. The number of benzene rings is 4. The van der Waals surface area contributed by atoms with Crippen LogP contribution in [0.5, 0.6) is 11.5 Å². The number of phenols is 2. The van der Waals surface area contributed by atoms with E-state index in [4.69, 9.17) is 10.8 Å². The second-order valence-electron chi connectivity index (χ2n) is 6.94. The maximum Gasteiger partial charge on any atom is 0.118 e. The molecule has 3 heteroatoms. The van der Waals surface area contributed by atoms with Crippen molar-refractivity contribution in [2.75, 3.05) is 5.73 Å². The van der Waals surface area contributed by atoms with Crippen LogP contribution in [-0.4, -0.2) is 10.2 Å². The first-order chi connectivity index (χ1) is 15.1. The van der Waals surface area contributed by atoms with Gasteiger partial charge in [-0.2, -0.15) is 0 Å². The topological polar surface area (TPSA) is 66.5 Å². The van der Waals surface area contributed by atoms with Crippen molar-refractivity contribution in [3.05, 3.63) is 125 Å². The number of aromatic hydroxyl groups is 2. The Bertz CT molecular complexity index is 1070. The Hall–Kier alpha value is -4.24. The number of rotatable bonds is 4. The monoisotopic (exact) mass is 407 g/mol. The Labute approximate surface area is 183 Å². The highest BCUT2D eigenvalue weighted by molar-refractivity contribution is 5.72. The molecule has 0 aliphatic carbocycles. The molecule has 0 saturated heterocycles. The fraction of sp³-hybridized carbons (Fsp3) is 0.